The molecule has 1 N–H and O–H groups in total. The summed E-state index contributed by atoms with van der Waals surface area (Å²) in [5.41, 5.74) is 1.61. The van der Waals surface area contributed by atoms with Gasteiger partial charge in [0.05, 0.1) is 24.0 Å². The van der Waals surface area contributed by atoms with Crippen LogP contribution in [0.15, 0.2) is 36.5 Å². The number of carbonyl (C=O) groups is 1. The lowest BCUT2D eigenvalue weighted by atomic mass is 9.84. The Morgan fingerprint density at radius 1 is 1.29 bits per heavy atom. The number of nitrogens with one attached hydrogen (secondary N) is 1. The minimum absolute atomic E-state index is 0.0467. The third-order valence-corrected chi connectivity index (χ3v) is 5.69. The highest BCUT2D eigenvalue weighted by Gasteiger charge is 2.42. The molecule has 0 unspecified atom stereocenters. The maximum absolute atomic E-state index is 12.3. The third kappa shape index (κ3) is 3.07. The SMILES string of the molecule is C[C@H](NC(=O)Cc1cnn(-c2ccccc2)n1)[C@@H]1C[C@H]2CC[C@H]1C2. The summed E-state index contributed by atoms with van der Waals surface area (Å²) < 4.78 is 0. The smallest absolute Gasteiger partial charge is 0.226 e. The van der Waals surface area contributed by atoms with Gasteiger partial charge in [-0.15, -0.1) is 0 Å². The van der Waals surface area contributed by atoms with Gasteiger partial charge in [0.2, 0.25) is 5.91 Å². The quantitative estimate of drug-likeness (QED) is 0.920. The average molecular weight is 324 g/mol. The van der Waals surface area contributed by atoms with Gasteiger partial charge in [0.25, 0.3) is 0 Å². The highest BCUT2D eigenvalue weighted by molar-refractivity contribution is 5.78. The standard InChI is InChI=1S/C19H24N4O/c1-13(18-10-14-7-8-15(18)9-14)21-19(24)11-16-12-20-23(22-16)17-5-3-2-4-6-17/h2-6,12-15,18H,7-11H2,1H3,(H,21,24)/t13-,14-,15-,18-/m0/s1. The van der Waals surface area contributed by atoms with Crippen molar-refractivity contribution in [2.24, 2.45) is 17.8 Å². The lowest BCUT2D eigenvalue weighted by Crippen LogP contribution is -2.40. The van der Waals surface area contributed by atoms with Gasteiger partial charge in [-0.1, -0.05) is 24.6 Å². The van der Waals surface area contributed by atoms with Gasteiger partial charge in [0, 0.05) is 6.04 Å². The maximum atomic E-state index is 12.3. The molecule has 24 heavy (non-hydrogen) atoms. The predicted octanol–water partition coefficient (Wildman–Crippen LogP) is 2.75. The molecule has 0 aliphatic heterocycles. The first-order chi connectivity index (χ1) is 11.7. The normalized spacial score (nSPS) is 26.5. The molecular formula is C19H24N4O. The molecule has 2 aromatic rings. The average Bonchev–Trinajstić information content (AvgIpc) is 3.32. The molecule has 2 aliphatic rings. The van der Waals surface area contributed by atoms with Crippen LogP contribution in [-0.4, -0.2) is 26.9 Å². The summed E-state index contributed by atoms with van der Waals surface area (Å²) in [6.07, 6.45) is 7.37. The number of rotatable bonds is 5. The lowest BCUT2D eigenvalue weighted by Gasteiger charge is -2.28. The fourth-order valence-electron chi connectivity index (χ4n) is 4.54. The number of aromatic nitrogens is 3. The summed E-state index contributed by atoms with van der Waals surface area (Å²) in [7, 11) is 0. The van der Waals surface area contributed by atoms with E-state index in [-0.39, 0.29) is 18.4 Å². The third-order valence-electron chi connectivity index (χ3n) is 5.69. The van der Waals surface area contributed by atoms with E-state index >= 15 is 0 Å². The van der Waals surface area contributed by atoms with Crippen LogP contribution in [0.3, 0.4) is 0 Å². The number of nitrogens with zero attached hydrogens (tertiary/aromatic N) is 3. The van der Waals surface area contributed by atoms with E-state index in [4.69, 9.17) is 0 Å². The monoisotopic (exact) mass is 324 g/mol. The van der Waals surface area contributed by atoms with Crippen LogP contribution in [0.1, 0.15) is 38.3 Å². The molecule has 1 amide bonds. The summed E-state index contributed by atoms with van der Waals surface area (Å²) >= 11 is 0. The molecule has 2 fully saturated rings. The number of amides is 1. The van der Waals surface area contributed by atoms with Crippen molar-refractivity contribution in [1.29, 1.82) is 0 Å². The van der Waals surface area contributed by atoms with Crippen LogP contribution < -0.4 is 5.32 Å². The zero-order chi connectivity index (χ0) is 16.5. The fourth-order valence-corrected chi connectivity index (χ4v) is 4.54. The molecule has 4 atom stereocenters. The molecule has 1 aromatic heterocycles. The number of fused-ring (bicyclic) bond motifs is 2. The van der Waals surface area contributed by atoms with Crippen LogP contribution in [0.4, 0.5) is 0 Å². The topological polar surface area (TPSA) is 59.8 Å². The van der Waals surface area contributed by atoms with Gasteiger partial charge in [-0.25, -0.2) is 0 Å². The van der Waals surface area contributed by atoms with Crippen LogP contribution in [0.2, 0.25) is 0 Å². The maximum Gasteiger partial charge on any atom is 0.226 e. The van der Waals surface area contributed by atoms with E-state index in [1.54, 1.807) is 11.0 Å². The van der Waals surface area contributed by atoms with Crippen molar-refractivity contribution in [3.63, 3.8) is 0 Å². The van der Waals surface area contributed by atoms with Crippen LogP contribution in [0.5, 0.6) is 0 Å². The van der Waals surface area contributed by atoms with Crippen molar-refractivity contribution in [2.75, 3.05) is 0 Å². The summed E-state index contributed by atoms with van der Waals surface area (Å²) in [4.78, 5) is 13.9. The van der Waals surface area contributed by atoms with Crippen molar-refractivity contribution in [2.45, 2.75) is 45.1 Å². The van der Waals surface area contributed by atoms with Crippen molar-refractivity contribution >= 4 is 5.91 Å². The van der Waals surface area contributed by atoms with Crippen molar-refractivity contribution < 1.29 is 4.79 Å². The molecule has 2 bridgehead atoms. The van der Waals surface area contributed by atoms with E-state index in [1.165, 1.54) is 25.7 Å². The second kappa shape index (κ2) is 6.38. The summed E-state index contributed by atoms with van der Waals surface area (Å²) in [6.45, 7) is 2.16. The first-order valence-corrected chi connectivity index (χ1v) is 8.95. The molecule has 2 saturated carbocycles. The fraction of sp³-hybridized carbons (Fsp3) is 0.526. The number of hydrogen-bond acceptors (Lipinski definition) is 3. The Kier molecular flexibility index (Phi) is 4.08. The molecule has 0 radical (unpaired) electrons. The molecular weight excluding hydrogens is 300 g/mol. The number of hydrogen-bond donors (Lipinski definition) is 1. The summed E-state index contributed by atoms with van der Waals surface area (Å²) in [6, 6.07) is 10.0. The van der Waals surface area contributed by atoms with E-state index in [9.17, 15) is 4.79 Å². The van der Waals surface area contributed by atoms with Crippen LogP contribution in [-0.2, 0) is 11.2 Å². The van der Waals surface area contributed by atoms with Gasteiger partial charge in [-0.2, -0.15) is 15.0 Å². The Bertz CT molecular complexity index is 711. The lowest BCUT2D eigenvalue weighted by molar-refractivity contribution is -0.121. The Morgan fingerprint density at radius 2 is 2.12 bits per heavy atom. The van der Waals surface area contributed by atoms with E-state index in [2.05, 4.69) is 22.4 Å². The Labute approximate surface area is 142 Å². The number of benzene rings is 1. The van der Waals surface area contributed by atoms with Crippen LogP contribution >= 0.6 is 0 Å². The molecule has 5 heteroatoms. The molecule has 126 valence electrons. The van der Waals surface area contributed by atoms with E-state index < -0.39 is 0 Å². The number of para-hydroxylation sites is 1. The molecule has 0 saturated heterocycles. The van der Waals surface area contributed by atoms with Crippen LogP contribution in [0, 0.1) is 17.8 Å². The number of carbonyl (C=O) groups excluding carboxylic acids is 1. The highest BCUT2D eigenvalue weighted by Crippen LogP contribution is 2.49. The zero-order valence-corrected chi connectivity index (χ0v) is 14.1. The van der Waals surface area contributed by atoms with Gasteiger partial charge >= 0.3 is 0 Å². The molecule has 1 heterocycles. The molecule has 4 rings (SSSR count). The van der Waals surface area contributed by atoms with Gasteiger partial charge in [-0.05, 0) is 56.1 Å². The predicted molar refractivity (Wildman–Crippen MR) is 91.6 cm³/mol. The largest absolute Gasteiger partial charge is 0.353 e. The molecule has 5 nitrogen and oxygen atoms in total. The van der Waals surface area contributed by atoms with Gasteiger partial charge in [-0.3, -0.25) is 4.79 Å². The minimum atomic E-state index is 0.0467. The Hall–Kier alpha value is -2.17. The molecule has 1 aromatic carbocycles. The van der Waals surface area contributed by atoms with E-state index in [0.29, 0.717) is 11.6 Å². The van der Waals surface area contributed by atoms with Gasteiger partial charge in [0.1, 0.15) is 0 Å². The molecule has 0 spiro atoms. The van der Waals surface area contributed by atoms with Gasteiger partial charge < -0.3 is 5.32 Å². The first kappa shape index (κ1) is 15.4. The second-order valence-electron chi connectivity index (χ2n) is 7.33. The zero-order valence-electron chi connectivity index (χ0n) is 14.1. The van der Waals surface area contributed by atoms with Crippen molar-refractivity contribution in [3.05, 3.63) is 42.2 Å². The molecule has 2 aliphatic carbocycles. The highest BCUT2D eigenvalue weighted by atomic mass is 16.1. The Balaban J connectivity index is 1.34. The van der Waals surface area contributed by atoms with Crippen molar-refractivity contribution in [1.82, 2.24) is 20.3 Å². The Morgan fingerprint density at radius 3 is 2.83 bits per heavy atom. The first-order valence-electron chi connectivity index (χ1n) is 8.95. The van der Waals surface area contributed by atoms with Gasteiger partial charge in [0.15, 0.2) is 0 Å². The summed E-state index contributed by atoms with van der Waals surface area (Å²) in [5.74, 6) is 2.44. The summed E-state index contributed by atoms with van der Waals surface area (Å²) in [5, 5.41) is 11.8. The van der Waals surface area contributed by atoms with E-state index in [0.717, 1.165) is 17.5 Å². The van der Waals surface area contributed by atoms with Crippen LogP contribution in [0.25, 0.3) is 5.69 Å². The van der Waals surface area contributed by atoms with Crippen molar-refractivity contribution in [3.8, 4) is 5.69 Å². The van der Waals surface area contributed by atoms with E-state index in [1.807, 2.05) is 30.3 Å². The second-order valence-corrected chi connectivity index (χ2v) is 7.33. The minimum Gasteiger partial charge on any atom is -0.353 e.